The highest BCUT2D eigenvalue weighted by Crippen LogP contribution is 2.63. The summed E-state index contributed by atoms with van der Waals surface area (Å²) in [5.74, 6) is 0.827. The molecule has 2 heterocycles. The van der Waals surface area contributed by atoms with Crippen molar-refractivity contribution >= 4 is 23.4 Å². The third-order valence-corrected chi connectivity index (χ3v) is 8.77. The fourth-order valence-electron chi connectivity index (χ4n) is 7.46. The van der Waals surface area contributed by atoms with Gasteiger partial charge in [0.25, 0.3) is 5.91 Å². The molecule has 5 fully saturated rings. The Morgan fingerprint density at radius 1 is 1.09 bits per heavy atom. The van der Waals surface area contributed by atoms with Gasteiger partial charge < -0.3 is 0 Å². The van der Waals surface area contributed by atoms with E-state index >= 15 is 0 Å². The number of hydrogen-bond donors (Lipinski definition) is 2. The summed E-state index contributed by atoms with van der Waals surface area (Å²) < 4.78 is 0. The lowest BCUT2D eigenvalue weighted by molar-refractivity contribution is -0.158. The molecule has 10 nitrogen and oxygen atoms in total. The van der Waals surface area contributed by atoms with E-state index in [4.69, 9.17) is 0 Å². The normalized spacial score (nSPS) is 33.6. The number of tetrazole rings is 1. The van der Waals surface area contributed by atoms with Crippen LogP contribution in [-0.2, 0) is 19.9 Å². The second-order valence-electron chi connectivity index (χ2n) is 11.2. The molecule has 7 rings (SSSR count). The first-order valence-electron chi connectivity index (χ1n) is 12.5. The van der Waals surface area contributed by atoms with E-state index in [1.165, 1.54) is 4.90 Å². The van der Waals surface area contributed by atoms with Crippen molar-refractivity contribution < 1.29 is 14.4 Å². The topological polar surface area (TPSA) is 122 Å². The number of nitrogens with one attached hydrogen (secondary N) is 2. The van der Waals surface area contributed by atoms with Crippen molar-refractivity contribution in [3.05, 3.63) is 35.2 Å². The molecule has 0 spiro atoms. The molecule has 4 saturated carbocycles. The van der Waals surface area contributed by atoms with Crippen molar-refractivity contribution in [1.29, 1.82) is 0 Å². The lowest BCUT2D eigenvalue weighted by Crippen LogP contribution is -2.63. The van der Waals surface area contributed by atoms with Crippen LogP contribution in [0.2, 0.25) is 0 Å². The Kier molecular flexibility index (Phi) is 4.90. The molecule has 4 bridgehead atoms. The van der Waals surface area contributed by atoms with E-state index < -0.39 is 11.5 Å². The molecule has 1 aromatic heterocycles. The van der Waals surface area contributed by atoms with Gasteiger partial charge in [-0.2, -0.15) is 4.80 Å². The van der Waals surface area contributed by atoms with Crippen molar-refractivity contribution in [2.75, 3.05) is 4.90 Å². The van der Waals surface area contributed by atoms with Crippen molar-refractivity contribution in [1.82, 2.24) is 31.1 Å². The van der Waals surface area contributed by atoms with Gasteiger partial charge in [0.05, 0.1) is 23.1 Å². The van der Waals surface area contributed by atoms with Crippen molar-refractivity contribution in [2.45, 2.75) is 77.3 Å². The fourth-order valence-corrected chi connectivity index (χ4v) is 7.46. The van der Waals surface area contributed by atoms with Gasteiger partial charge >= 0.3 is 0 Å². The number of hydrogen-bond acceptors (Lipinski definition) is 7. The van der Waals surface area contributed by atoms with Crippen LogP contribution in [0.25, 0.3) is 0 Å². The summed E-state index contributed by atoms with van der Waals surface area (Å²) >= 11 is 0. The summed E-state index contributed by atoms with van der Waals surface area (Å²) in [4.78, 5) is 42.5. The van der Waals surface area contributed by atoms with Gasteiger partial charge in [-0.1, -0.05) is 12.1 Å². The van der Waals surface area contributed by atoms with Crippen LogP contribution in [0.1, 0.15) is 61.9 Å². The van der Waals surface area contributed by atoms with Crippen molar-refractivity contribution in [3.63, 3.8) is 0 Å². The maximum absolute atomic E-state index is 13.6. The number of aromatic nitrogens is 4. The summed E-state index contributed by atoms with van der Waals surface area (Å²) in [6.07, 6.45) is 5.43. The zero-order chi connectivity index (χ0) is 24.5. The minimum absolute atomic E-state index is 0.0108. The molecule has 2 unspecified atom stereocenters. The molecule has 1 aromatic carbocycles. The molecule has 10 heteroatoms. The van der Waals surface area contributed by atoms with Crippen LogP contribution in [0.15, 0.2) is 18.2 Å². The van der Waals surface area contributed by atoms with Crippen LogP contribution >= 0.6 is 0 Å². The summed E-state index contributed by atoms with van der Waals surface area (Å²) in [6.45, 7) is 5.69. The number of imide groups is 1. The van der Waals surface area contributed by atoms with Crippen molar-refractivity contribution in [3.8, 4) is 0 Å². The highest BCUT2D eigenvalue weighted by molar-refractivity contribution is 6.22. The molecular weight excluding hydrogens is 446 g/mol. The fraction of sp³-hybridized carbons (Fsp3) is 0.600. The number of hydrazine groups is 1. The minimum atomic E-state index is -0.783. The average molecular weight is 478 g/mol. The van der Waals surface area contributed by atoms with E-state index in [9.17, 15) is 14.4 Å². The number of benzene rings is 1. The monoisotopic (exact) mass is 477 g/mol. The number of anilines is 1. The predicted molar refractivity (Wildman–Crippen MR) is 126 cm³/mol. The minimum Gasteiger partial charge on any atom is -0.290 e. The smallest absolute Gasteiger partial charge is 0.253 e. The zero-order valence-corrected chi connectivity index (χ0v) is 20.4. The summed E-state index contributed by atoms with van der Waals surface area (Å²) in [6, 6.07) is 4.80. The van der Waals surface area contributed by atoms with Crippen LogP contribution < -0.4 is 15.8 Å². The predicted octanol–water partition coefficient (Wildman–Crippen LogP) is 1.85. The summed E-state index contributed by atoms with van der Waals surface area (Å²) in [7, 11) is 0. The number of carbonyl (C=O) groups is 3. The maximum atomic E-state index is 13.6. The van der Waals surface area contributed by atoms with Crippen LogP contribution in [0, 0.1) is 38.0 Å². The van der Waals surface area contributed by atoms with Gasteiger partial charge in [0.15, 0.2) is 5.82 Å². The molecule has 5 atom stereocenters. The molecule has 2 aromatic rings. The largest absolute Gasteiger partial charge is 0.290 e. The van der Waals surface area contributed by atoms with Crippen LogP contribution in [0.4, 0.5) is 5.69 Å². The number of nitrogens with zero attached hydrogens (tertiary/aromatic N) is 5. The molecule has 35 heavy (non-hydrogen) atoms. The van der Waals surface area contributed by atoms with Crippen LogP contribution in [-0.4, -0.2) is 44.0 Å². The zero-order valence-electron chi connectivity index (χ0n) is 20.4. The molecule has 2 N–H and O–H groups in total. The van der Waals surface area contributed by atoms with E-state index in [1.807, 2.05) is 32.9 Å². The van der Waals surface area contributed by atoms with E-state index in [-0.39, 0.29) is 29.7 Å². The first-order chi connectivity index (χ1) is 16.7. The number of aryl methyl sites for hydroxylation is 2. The van der Waals surface area contributed by atoms with Gasteiger partial charge in [0, 0.05) is 0 Å². The Morgan fingerprint density at radius 2 is 1.83 bits per heavy atom. The first-order valence-corrected chi connectivity index (χ1v) is 12.5. The molecule has 1 saturated heterocycles. The molecule has 0 radical (unpaired) electrons. The molecule has 1 aliphatic heterocycles. The SMILES string of the molecule is Cc1nnn(C23C[C@@H]4C[C@@H](CC(C(=O)NN[C@H]5CC(=O)N(c6cccc(C)c6C)C5=O)(C4)C2)C3)n1. The van der Waals surface area contributed by atoms with E-state index in [1.54, 1.807) is 10.9 Å². The van der Waals surface area contributed by atoms with Gasteiger partial charge in [-0.25, -0.2) is 10.3 Å². The van der Waals surface area contributed by atoms with E-state index in [0.29, 0.717) is 29.8 Å². The number of amides is 3. The van der Waals surface area contributed by atoms with Gasteiger partial charge in [-0.3, -0.25) is 19.8 Å². The number of carbonyl (C=O) groups excluding carboxylic acids is 3. The van der Waals surface area contributed by atoms with E-state index in [0.717, 1.165) is 43.2 Å². The second kappa shape index (κ2) is 7.68. The Morgan fingerprint density at radius 3 is 2.51 bits per heavy atom. The van der Waals surface area contributed by atoms with Gasteiger partial charge in [0.2, 0.25) is 11.8 Å². The third kappa shape index (κ3) is 3.41. The Hall–Kier alpha value is -3.14. The Balaban J connectivity index is 1.18. The molecule has 5 aliphatic rings. The average Bonchev–Trinajstić information content (AvgIpc) is 3.36. The standard InChI is InChI=1S/C25H31N7O3/c1-14-5-4-6-20(15(14)2)31-21(33)8-19(22(31)34)27-28-23(35)24-9-17-7-18(10-24)12-25(11-17,13-24)32-29-16(3)26-30-32/h4-6,17-19,27H,7-13H2,1-3H3,(H,28,35)/t17-,18+,19-,24?,25?/m0/s1. The summed E-state index contributed by atoms with van der Waals surface area (Å²) in [5.41, 5.74) is 7.48. The van der Waals surface area contributed by atoms with Gasteiger partial charge in [0.1, 0.15) is 6.04 Å². The summed E-state index contributed by atoms with van der Waals surface area (Å²) in [5, 5.41) is 12.9. The molecular formula is C25H31N7O3. The van der Waals surface area contributed by atoms with Crippen LogP contribution in [0.3, 0.4) is 0 Å². The lowest BCUT2D eigenvalue weighted by Gasteiger charge is -2.60. The van der Waals surface area contributed by atoms with Crippen LogP contribution in [0.5, 0.6) is 0 Å². The Labute approximate surface area is 203 Å². The van der Waals surface area contributed by atoms with Crippen molar-refractivity contribution in [2.24, 2.45) is 17.3 Å². The van der Waals surface area contributed by atoms with Gasteiger partial charge in [-0.15, -0.1) is 10.2 Å². The quantitative estimate of drug-likeness (QED) is 0.498. The number of rotatable bonds is 5. The second-order valence-corrected chi connectivity index (χ2v) is 11.2. The first kappa shape index (κ1) is 22.3. The third-order valence-electron chi connectivity index (χ3n) is 8.77. The van der Waals surface area contributed by atoms with E-state index in [2.05, 4.69) is 26.3 Å². The molecule has 3 amide bonds. The molecule has 184 valence electrons. The highest BCUT2D eigenvalue weighted by Gasteiger charge is 2.62. The Bertz CT molecular complexity index is 1220. The lowest BCUT2D eigenvalue weighted by atomic mass is 9.46. The maximum Gasteiger partial charge on any atom is 0.253 e. The van der Waals surface area contributed by atoms with Gasteiger partial charge in [-0.05, 0) is 93.5 Å². The highest BCUT2D eigenvalue weighted by atomic mass is 16.2. The molecule has 4 aliphatic carbocycles.